The summed E-state index contributed by atoms with van der Waals surface area (Å²) in [6.07, 6.45) is 2.39. The van der Waals surface area contributed by atoms with Gasteiger partial charge < -0.3 is 14.4 Å². The molecular formula is C24H25N5O3. The summed E-state index contributed by atoms with van der Waals surface area (Å²) >= 11 is 0. The number of hydrogen-bond donors (Lipinski definition) is 1. The molecule has 1 amide bonds. The Morgan fingerprint density at radius 3 is 2.59 bits per heavy atom. The Balaban J connectivity index is 1.79. The molecule has 0 aliphatic carbocycles. The predicted molar refractivity (Wildman–Crippen MR) is 122 cm³/mol. The fraction of sp³-hybridized carbons (Fsp3) is 0.292. The Labute approximate surface area is 185 Å². The molecule has 4 rings (SSSR count). The van der Waals surface area contributed by atoms with Crippen molar-refractivity contribution in [3.8, 4) is 22.8 Å². The van der Waals surface area contributed by atoms with Crippen molar-refractivity contribution in [3.63, 3.8) is 0 Å². The minimum Gasteiger partial charge on any atom is -0.352 e. The van der Waals surface area contributed by atoms with Crippen LogP contribution in [0.3, 0.4) is 0 Å². The topological polar surface area (TPSA) is 103 Å². The lowest BCUT2D eigenvalue weighted by molar-refractivity contribution is -0.122. The molecule has 0 aliphatic rings. The van der Waals surface area contributed by atoms with Gasteiger partial charge in [0.2, 0.25) is 17.2 Å². The summed E-state index contributed by atoms with van der Waals surface area (Å²) in [5, 5.41) is 7.37. The molecule has 0 radical (unpaired) electrons. The second kappa shape index (κ2) is 8.74. The van der Waals surface area contributed by atoms with Gasteiger partial charge in [0.25, 0.3) is 5.89 Å². The minimum absolute atomic E-state index is 0.0174. The number of carbonyl (C=O) groups excluding carboxylic acids is 1. The number of aryl methyl sites for hydroxylation is 2. The van der Waals surface area contributed by atoms with Crippen molar-refractivity contribution in [1.29, 1.82) is 0 Å². The van der Waals surface area contributed by atoms with E-state index in [0.29, 0.717) is 16.9 Å². The maximum Gasteiger partial charge on any atom is 0.263 e. The first-order valence-corrected chi connectivity index (χ1v) is 10.6. The third kappa shape index (κ3) is 4.30. The lowest BCUT2D eigenvalue weighted by atomic mass is 10.1. The van der Waals surface area contributed by atoms with Crippen molar-refractivity contribution in [2.24, 2.45) is 0 Å². The molecule has 32 heavy (non-hydrogen) atoms. The first-order valence-electron chi connectivity index (χ1n) is 10.6. The molecule has 1 aromatic carbocycles. The average Bonchev–Trinajstić information content (AvgIpc) is 3.26. The van der Waals surface area contributed by atoms with Gasteiger partial charge in [0, 0.05) is 23.5 Å². The number of benzene rings is 1. The molecule has 0 fully saturated rings. The monoisotopic (exact) mass is 431 g/mol. The van der Waals surface area contributed by atoms with Gasteiger partial charge in [0.05, 0.1) is 5.39 Å². The molecule has 1 atom stereocenters. The molecule has 8 heteroatoms. The van der Waals surface area contributed by atoms with Gasteiger partial charge in [-0.25, -0.2) is 4.98 Å². The van der Waals surface area contributed by atoms with E-state index in [4.69, 9.17) is 4.52 Å². The Kier molecular flexibility index (Phi) is 5.85. The first kappa shape index (κ1) is 21.4. The zero-order valence-electron chi connectivity index (χ0n) is 18.5. The summed E-state index contributed by atoms with van der Waals surface area (Å²) in [4.78, 5) is 34.7. The number of hydrogen-bond acceptors (Lipinski definition) is 6. The van der Waals surface area contributed by atoms with Crippen LogP contribution in [0.1, 0.15) is 31.5 Å². The van der Waals surface area contributed by atoms with Crippen molar-refractivity contribution in [1.82, 2.24) is 25.0 Å². The Hall–Kier alpha value is -3.81. The van der Waals surface area contributed by atoms with Crippen molar-refractivity contribution in [2.75, 3.05) is 0 Å². The maximum absolute atomic E-state index is 13.2. The van der Waals surface area contributed by atoms with Crippen LogP contribution in [0.5, 0.6) is 0 Å². The molecule has 3 heterocycles. The Bertz CT molecular complexity index is 1340. The summed E-state index contributed by atoms with van der Waals surface area (Å²) in [6, 6.07) is 11.2. The zero-order valence-corrected chi connectivity index (χ0v) is 18.5. The van der Waals surface area contributed by atoms with E-state index in [0.717, 1.165) is 23.2 Å². The van der Waals surface area contributed by atoms with Gasteiger partial charge in [-0.05, 0) is 39.3 Å². The van der Waals surface area contributed by atoms with E-state index in [-0.39, 0.29) is 35.4 Å². The summed E-state index contributed by atoms with van der Waals surface area (Å²) < 4.78 is 7.09. The molecule has 0 bridgehead atoms. The van der Waals surface area contributed by atoms with E-state index in [2.05, 4.69) is 20.4 Å². The molecular weight excluding hydrogens is 406 g/mol. The number of amides is 1. The van der Waals surface area contributed by atoms with E-state index in [1.54, 1.807) is 22.9 Å². The largest absolute Gasteiger partial charge is 0.352 e. The van der Waals surface area contributed by atoms with Crippen LogP contribution in [0.4, 0.5) is 0 Å². The van der Waals surface area contributed by atoms with Gasteiger partial charge in [-0.3, -0.25) is 9.59 Å². The van der Waals surface area contributed by atoms with Gasteiger partial charge in [-0.15, -0.1) is 0 Å². The van der Waals surface area contributed by atoms with Crippen LogP contribution >= 0.6 is 0 Å². The van der Waals surface area contributed by atoms with Crippen LogP contribution in [0.2, 0.25) is 0 Å². The highest BCUT2D eigenvalue weighted by molar-refractivity contribution is 5.83. The van der Waals surface area contributed by atoms with Gasteiger partial charge in [0.15, 0.2) is 0 Å². The summed E-state index contributed by atoms with van der Waals surface area (Å²) in [6.45, 7) is 7.80. The molecule has 0 saturated heterocycles. The molecule has 164 valence electrons. The smallest absolute Gasteiger partial charge is 0.263 e. The number of nitrogens with zero attached hydrogens (tertiary/aromatic N) is 4. The van der Waals surface area contributed by atoms with Crippen LogP contribution in [-0.4, -0.2) is 31.6 Å². The fourth-order valence-corrected chi connectivity index (χ4v) is 3.36. The number of pyridine rings is 2. The van der Waals surface area contributed by atoms with Crippen molar-refractivity contribution in [3.05, 3.63) is 64.1 Å². The van der Waals surface area contributed by atoms with Gasteiger partial charge in [-0.2, -0.15) is 4.98 Å². The predicted octanol–water partition coefficient (Wildman–Crippen LogP) is 3.65. The van der Waals surface area contributed by atoms with E-state index < -0.39 is 0 Å². The summed E-state index contributed by atoms with van der Waals surface area (Å²) in [5.41, 5.74) is 3.05. The first-order chi connectivity index (χ1) is 15.4. The number of rotatable bonds is 6. The normalized spacial score (nSPS) is 12.1. The number of carbonyl (C=O) groups is 1. The van der Waals surface area contributed by atoms with Crippen LogP contribution in [0.15, 0.2) is 51.9 Å². The third-order valence-electron chi connectivity index (χ3n) is 5.36. The summed E-state index contributed by atoms with van der Waals surface area (Å²) in [7, 11) is 0. The van der Waals surface area contributed by atoms with Crippen molar-refractivity contribution in [2.45, 2.75) is 46.7 Å². The van der Waals surface area contributed by atoms with Gasteiger partial charge in [-0.1, -0.05) is 41.9 Å². The Morgan fingerprint density at radius 2 is 1.88 bits per heavy atom. The molecule has 0 unspecified atom stereocenters. The van der Waals surface area contributed by atoms with E-state index in [9.17, 15) is 9.59 Å². The van der Waals surface area contributed by atoms with Crippen LogP contribution in [-0.2, 0) is 11.3 Å². The average molecular weight is 431 g/mol. The maximum atomic E-state index is 13.2. The van der Waals surface area contributed by atoms with Crippen LogP contribution < -0.4 is 10.7 Å². The highest BCUT2D eigenvalue weighted by Gasteiger charge is 2.19. The molecule has 8 nitrogen and oxygen atoms in total. The van der Waals surface area contributed by atoms with Gasteiger partial charge in [0.1, 0.15) is 17.8 Å². The minimum atomic E-state index is -0.273. The SMILES string of the molecule is CC[C@@H](C)NC(=O)Cn1cc(-c2nc(-c3ccc(C)cc3)no2)c(=O)c2ccc(C)nc21. The zero-order chi connectivity index (χ0) is 22.8. The third-order valence-corrected chi connectivity index (χ3v) is 5.36. The second-order valence-corrected chi connectivity index (χ2v) is 7.99. The number of nitrogens with one attached hydrogen (secondary N) is 1. The highest BCUT2D eigenvalue weighted by atomic mass is 16.5. The molecule has 4 aromatic rings. The van der Waals surface area contributed by atoms with E-state index in [1.165, 1.54) is 0 Å². The lowest BCUT2D eigenvalue weighted by Gasteiger charge is -2.15. The van der Waals surface area contributed by atoms with Crippen molar-refractivity contribution < 1.29 is 9.32 Å². The Morgan fingerprint density at radius 1 is 1.12 bits per heavy atom. The van der Waals surface area contributed by atoms with Crippen LogP contribution in [0, 0.1) is 13.8 Å². The quantitative estimate of drug-likeness (QED) is 0.500. The molecule has 3 aromatic heterocycles. The lowest BCUT2D eigenvalue weighted by Crippen LogP contribution is -2.35. The number of fused-ring (bicyclic) bond motifs is 1. The van der Waals surface area contributed by atoms with Gasteiger partial charge >= 0.3 is 0 Å². The van der Waals surface area contributed by atoms with E-state index in [1.807, 2.05) is 52.0 Å². The summed E-state index contributed by atoms with van der Waals surface area (Å²) in [5.74, 6) is 0.330. The van der Waals surface area contributed by atoms with Crippen LogP contribution in [0.25, 0.3) is 33.9 Å². The highest BCUT2D eigenvalue weighted by Crippen LogP contribution is 2.22. The molecule has 1 N–H and O–H groups in total. The standard InChI is InChI=1S/C24H25N5O3/c1-5-15(3)25-20(30)13-29-12-19(21(31)18-11-8-16(4)26-23(18)29)24-27-22(28-32-24)17-9-6-14(2)7-10-17/h6-12,15H,5,13H2,1-4H3,(H,25,30)/t15-/m1/s1. The molecule has 0 spiro atoms. The molecule has 0 saturated carbocycles. The van der Waals surface area contributed by atoms with E-state index >= 15 is 0 Å². The number of aromatic nitrogens is 4. The molecule has 0 aliphatic heterocycles. The van der Waals surface area contributed by atoms with Crippen molar-refractivity contribution >= 4 is 16.9 Å². The second-order valence-electron chi connectivity index (χ2n) is 7.99. The fourth-order valence-electron chi connectivity index (χ4n) is 3.36.